The second-order valence-corrected chi connectivity index (χ2v) is 4.18. The molecule has 2 N–H and O–H groups in total. The molecule has 1 aliphatic carbocycles. The second-order valence-electron chi connectivity index (χ2n) is 4.18. The van der Waals surface area contributed by atoms with Crippen LogP contribution in [0.5, 0.6) is 0 Å². The molecule has 0 unspecified atom stereocenters. The van der Waals surface area contributed by atoms with Crippen LogP contribution in [0.1, 0.15) is 31.5 Å². The van der Waals surface area contributed by atoms with E-state index in [2.05, 4.69) is 10.1 Å². The zero-order valence-corrected chi connectivity index (χ0v) is 9.15. The normalized spacial score (nSPS) is 19.6. The molecule has 0 amide bonds. The van der Waals surface area contributed by atoms with Gasteiger partial charge in [-0.3, -0.25) is 4.68 Å². The van der Waals surface area contributed by atoms with E-state index in [1.165, 1.54) is 12.8 Å². The quantitative estimate of drug-likeness (QED) is 0.790. The van der Waals surface area contributed by atoms with Crippen molar-refractivity contribution < 1.29 is 4.74 Å². The number of aromatic nitrogens is 3. The molecule has 0 aromatic carbocycles. The molecule has 0 radical (unpaired) electrons. The molecule has 1 aromatic heterocycles. The maximum Gasteiger partial charge on any atom is 0.152 e. The first-order chi connectivity index (χ1) is 7.26. The van der Waals surface area contributed by atoms with E-state index in [4.69, 9.17) is 10.5 Å². The average molecular weight is 210 g/mol. The summed E-state index contributed by atoms with van der Waals surface area (Å²) in [5.74, 6) is 0.856. The Hall–Kier alpha value is -0.940. The van der Waals surface area contributed by atoms with E-state index in [1.807, 2.05) is 7.05 Å². The summed E-state index contributed by atoms with van der Waals surface area (Å²) in [5.41, 5.74) is 5.67. The van der Waals surface area contributed by atoms with Gasteiger partial charge in [0.15, 0.2) is 5.82 Å². The summed E-state index contributed by atoms with van der Waals surface area (Å²) in [5, 5.41) is 4.00. The molecule has 1 saturated carbocycles. The van der Waals surface area contributed by atoms with E-state index in [-0.39, 0.29) is 5.60 Å². The Balaban J connectivity index is 1.94. The van der Waals surface area contributed by atoms with Crippen LogP contribution < -0.4 is 5.73 Å². The molecule has 1 heterocycles. The molecule has 1 fully saturated rings. The SMILES string of the molecule is Cn1ncnc1COC1(CN)CCCC1. The maximum atomic E-state index is 5.92. The summed E-state index contributed by atoms with van der Waals surface area (Å²) in [7, 11) is 1.87. The lowest BCUT2D eigenvalue weighted by Crippen LogP contribution is -2.37. The highest BCUT2D eigenvalue weighted by Crippen LogP contribution is 2.32. The molecule has 2 rings (SSSR count). The van der Waals surface area contributed by atoms with Crippen molar-refractivity contribution in [3.63, 3.8) is 0 Å². The van der Waals surface area contributed by atoms with Crippen LogP contribution in [-0.4, -0.2) is 26.9 Å². The minimum Gasteiger partial charge on any atom is -0.366 e. The second kappa shape index (κ2) is 4.28. The van der Waals surface area contributed by atoms with E-state index < -0.39 is 0 Å². The molecule has 15 heavy (non-hydrogen) atoms. The highest BCUT2D eigenvalue weighted by atomic mass is 16.5. The van der Waals surface area contributed by atoms with Crippen molar-refractivity contribution in [2.45, 2.75) is 37.9 Å². The van der Waals surface area contributed by atoms with E-state index >= 15 is 0 Å². The first-order valence-corrected chi connectivity index (χ1v) is 5.43. The summed E-state index contributed by atoms with van der Waals surface area (Å²) in [6, 6.07) is 0. The van der Waals surface area contributed by atoms with Crippen molar-refractivity contribution in [2.75, 3.05) is 6.54 Å². The Labute approximate surface area is 89.6 Å². The highest BCUT2D eigenvalue weighted by Gasteiger charge is 2.33. The third-order valence-corrected chi connectivity index (χ3v) is 3.20. The molecule has 1 aromatic rings. The Morgan fingerprint density at radius 3 is 2.80 bits per heavy atom. The van der Waals surface area contributed by atoms with Crippen LogP contribution in [0.2, 0.25) is 0 Å². The van der Waals surface area contributed by atoms with Gasteiger partial charge in [0.2, 0.25) is 0 Å². The fourth-order valence-corrected chi connectivity index (χ4v) is 2.10. The van der Waals surface area contributed by atoms with Crippen LogP contribution in [-0.2, 0) is 18.4 Å². The third-order valence-electron chi connectivity index (χ3n) is 3.20. The summed E-state index contributed by atoms with van der Waals surface area (Å²) in [6.45, 7) is 1.11. The molecular weight excluding hydrogens is 192 g/mol. The summed E-state index contributed by atoms with van der Waals surface area (Å²) in [6.07, 6.45) is 6.12. The lowest BCUT2D eigenvalue weighted by atomic mass is 10.0. The standard InChI is InChI=1S/C10H18N4O/c1-14-9(12-8-13-14)6-15-10(7-11)4-2-3-5-10/h8H,2-7,11H2,1H3. The van der Waals surface area contributed by atoms with Crippen molar-refractivity contribution >= 4 is 0 Å². The molecule has 5 nitrogen and oxygen atoms in total. The monoisotopic (exact) mass is 210 g/mol. The van der Waals surface area contributed by atoms with E-state index in [9.17, 15) is 0 Å². The maximum absolute atomic E-state index is 5.92. The zero-order valence-electron chi connectivity index (χ0n) is 9.15. The predicted octanol–water partition coefficient (Wildman–Crippen LogP) is 0.603. The van der Waals surface area contributed by atoms with Crippen molar-refractivity contribution in [1.82, 2.24) is 14.8 Å². The van der Waals surface area contributed by atoms with Gasteiger partial charge in [0.25, 0.3) is 0 Å². The zero-order chi connectivity index (χ0) is 10.7. The highest BCUT2D eigenvalue weighted by molar-refractivity contribution is 4.89. The topological polar surface area (TPSA) is 66.0 Å². The molecule has 0 bridgehead atoms. The number of hydrogen-bond acceptors (Lipinski definition) is 4. The molecule has 5 heteroatoms. The number of aryl methyl sites for hydroxylation is 1. The first-order valence-electron chi connectivity index (χ1n) is 5.43. The van der Waals surface area contributed by atoms with Gasteiger partial charge in [0, 0.05) is 13.6 Å². The minimum atomic E-state index is -0.105. The van der Waals surface area contributed by atoms with Crippen molar-refractivity contribution in [3.05, 3.63) is 12.2 Å². The van der Waals surface area contributed by atoms with E-state index in [0.717, 1.165) is 18.7 Å². The Bertz CT molecular complexity index is 317. The van der Waals surface area contributed by atoms with Gasteiger partial charge in [-0.25, -0.2) is 4.98 Å². The Kier molecular flexibility index (Phi) is 3.02. The van der Waals surface area contributed by atoms with Crippen molar-refractivity contribution in [3.8, 4) is 0 Å². The van der Waals surface area contributed by atoms with Gasteiger partial charge in [0.1, 0.15) is 12.9 Å². The van der Waals surface area contributed by atoms with Gasteiger partial charge in [-0.05, 0) is 12.8 Å². The number of hydrogen-bond donors (Lipinski definition) is 1. The van der Waals surface area contributed by atoms with Crippen LogP contribution in [0, 0.1) is 0 Å². The van der Waals surface area contributed by atoms with Crippen molar-refractivity contribution in [1.29, 1.82) is 0 Å². The molecule has 0 aliphatic heterocycles. The fraction of sp³-hybridized carbons (Fsp3) is 0.800. The summed E-state index contributed by atoms with van der Waals surface area (Å²) >= 11 is 0. The number of ether oxygens (including phenoxy) is 1. The summed E-state index contributed by atoms with van der Waals surface area (Å²) < 4.78 is 7.65. The molecular formula is C10H18N4O. The largest absolute Gasteiger partial charge is 0.366 e. The van der Waals surface area contributed by atoms with Gasteiger partial charge >= 0.3 is 0 Å². The fourth-order valence-electron chi connectivity index (χ4n) is 2.10. The molecule has 0 saturated heterocycles. The lowest BCUT2D eigenvalue weighted by molar-refractivity contribution is -0.0485. The predicted molar refractivity (Wildman–Crippen MR) is 56.0 cm³/mol. The lowest BCUT2D eigenvalue weighted by Gasteiger charge is -2.27. The van der Waals surface area contributed by atoms with Crippen LogP contribution >= 0.6 is 0 Å². The van der Waals surface area contributed by atoms with Crippen LogP contribution in [0.3, 0.4) is 0 Å². The third kappa shape index (κ3) is 2.18. The van der Waals surface area contributed by atoms with Crippen molar-refractivity contribution in [2.24, 2.45) is 12.8 Å². The Morgan fingerprint density at radius 1 is 1.53 bits per heavy atom. The van der Waals surface area contributed by atoms with Gasteiger partial charge in [-0.1, -0.05) is 12.8 Å². The molecule has 1 aliphatic rings. The average Bonchev–Trinajstić information content (AvgIpc) is 2.85. The Morgan fingerprint density at radius 2 is 2.27 bits per heavy atom. The smallest absolute Gasteiger partial charge is 0.152 e. The molecule has 0 atom stereocenters. The van der Waals surface area contributed by atoms with Gasteiger partial charge in [0.05, 0.1) is 5.60 Å². The van der Waals surface area contributed by atoms with Crippen LogP contribution in [0.25, 0.3) is 0 Å². The van der Waals surface area contributed by atoms with Crippen LogP contribution in [0.4, 0.5) is 0 Å². The summed E-state index contributed by atoms with van der Waals surface area (Å²) in [4.78, 5) is 4.13. The van der Waals surface area contributed by atoms with Gasteiger partial charge < -0.3 is 10.5 Å². The minimum absolute atomic E-state index is 0.105. The number of rotatable bonds is 4. The molecule has 0 spiro atoms. The van der Waals surface area contributed by atoms with Gasteiger partial charge in [-0.2, -0.15) is 5.10 Å². The number of nitrogens with zero attached hydrogens (tertiary/aromatic N) is 3. The molecule has 84 valence electrons. The number of nitrogens with two attached hydrogens (primary N) is 1. The van der Waals surface area contributed by atoms with Crippen LogP contribution in [0.15, 0.2) is 6.33 Å². The van der Waals surface area contributed by atoms with Gasteiger partial charge in [-0.15, -0.1) is 0 Å². The van der Waals surface area contributed by atoms with E-state index in [0.29, 0.717) is 13.2 Å². The first kappa shape index (κ1) is 10.6. The van der Waals surface area contributed by atoms with E-state index in [1.54, 1.807) is 11.0 Å².